The van der Waals surface area contributed by atoms with Crippen LogP contribution < -0.4 is 9.62 Å². The van der Waals surface area contributed by atoms with Crippen LogP contribution in [0.15, 0.2) is 87.8 Å². The number of fused-ring (bicyclic) bond motifs is 2. The maximum absolute atomic E-state index is 13.2. The van der Waals surface area contributed by atoms with Gasteiger partial charge in [0.1, 0.15) is 22.7 Å². The number of benzene rings is 3. The number of furan rings is 2. The molecule has 3 aromatic heterocycles. The Bertz CT molecular complexity index is 2030. The molecular weight excluding hydrogens is 540 g/mol. The summed E-state index contributed by atoms with van der Waals surface area (Å²) in [5.41, 5.74) is 5.05. The maximum Gasteiger partial charge on any atom is 0.255 e. The summed E-state index contributed by atoms with van der Waals surface area (Å²) in [4.78, 5) is 13.2. The third kappa shape index (κ3) is 4.72. The molecule has 0 aliphatic heterocycles. The number of carbonyl (C=O) groups is 1. The monoisotopic (exact) mass is 566 g/mol. The van der Waals surface area contributed by atoms with Crippen LogP contribution in [-0.4, -0.2) is 44.9 Å². The summed E-state index contributed by atoms with van der Waals surface area (Å²) >= 11 is 0. The number of amides is 1. The number of anilines is 1. The highest BCUT2D eigenvalue weighted by atomic mass is 32.2. The van der Waals surface area contributed by atoms with E-state index in [1.165, 1.54) is 7.05 Å². The van der Waals surface area contributed by atoms with Crippen molar-refractivity contribution in [3.05, 3.63) is 90.1 Å². The molecule has 0 aliphatic carbocycles. The zero-order chi connectivity index (χ0) is 28.9. The lowest BCUT2D eigenvalue weighted by Crippen LogP contribution is -2.25. The number of nitrogens with zero attached hydrogens (tertiary/aromatic N) is 3. The van der Waals surface area contributed by atoms with E-state index in [9.17, 15) is 13.2 Å². The Hall–Kier alpha value is -4.96. The highest BCUT2D eigenvalue weighted by Gasteiger charge is 2.26. The normalized spacial score (nSPS) is 11.7. The van der Waals surface area contributed by atoms with Crippen LogP contribution in [0.5, 0.6) is 0 Å². The summed E-state index contributed by atoms with van der Waals surface area (Å²) in [5, 5.41) is 12.7. The van der Waals surface area contributed by atoms with Crippen molar-refractivity contribution in [1.29, 1.82) is 0 Å². The number of sulfonamides is 1. The van der Waals surface area contributed by atoms with Gasteiger partial charge in [-0.1, -0.05) is 48.0 Å². The minimum absolute atomic E-state index is 0.323. The molecule has 41 heavy (non-hydrogen) atoms. The van der Waals surface area contributed by atoms with Crippen molar-refractivity contribution < 1.29 is 22.0 Å². The van der Waals surface area contributed by atoms with E-state index in [-0.39, 0.29) is 5.91 Å². The first kappa shape index (κ1) is 26.3. The van der Waals surface area contributed by atoms with Gasteiger partial charge in [-0.15, -0.1) is 0 Å². The second-order valence-corrected chi connectivity index (χ2v) is 11.8. The summed E-state index contributed by atoms with van der Waals surface area (Å²) in [6.45, 7) is 1.97. The number of aromatic nitrogens is 2. The molecule has 1 amide bonds. The van der Waals surface area contributed by atoms with E-state index in [1.807, 2.05) is 61.5 Å². The fourth-order valence-corrected chi connectivity index (χ4v) is 5.30. The van der Waals surface area contributed by atoms with Gasteiger partial charge in [0, 0.05) is 47.6 Å². The Morgan fingerprint density at radius 3 is 2.39 bits per heavy atom. The molecule has 206 valence electrons. The molecule has 3 aromatic carbocycles. The number of aryl methyl sites for hydroxylation is 1. The standard InChI is InChI=1S/C31H26N4O5S/c1-18-9-11-19(12-10-18)30-29(31(36)32-2)23-15-22(25(16-28(23)40-30)35(3)41(4,37)38)24-13-21(17-33-34-24)27-14-20-7-5-6-8-26(20)39-27/h5-17H,1-4H3,(H,32,36). The third-order valence-corrected chi connectivity index (χ3v) is 8.24. The molecule has 0 aliphatic rings. The van der Waals surface area contributed by atoms with Crippen LogP contribution in [0.3, 0.4) is 0 Å². The number of rotatable bonds is 6. The molecule has 0 unspecified atom stereocenters. The fourth-order valence-electron chi connectivity index (χ4n) is 4.79. The van der Waals surface area contributed by atoms with Crippen molar-refractivity contribution in [3.8, 4) is 33.9 Å². The smallest absolute Gasteiger partial charge is 0.255 e. The SMILES string of the molecule is CNC(=O)c1c(-c2ccc(C)cc2)oc2cc(N(C)S(C)(=O)=O)c(-c3cc(-c4cc5ccccc5o4)cnn3)cc12. The average Bonchev–Trinajstić information content (AvgIpc) is 3.57. The van der Waals surface area contributed by atoms with Gasteiger partial charge in [0.2, 0.25) is 10.0 Å². The van der Waals surface area contributed by atoms with Crippen molar-refractivity contribution in [2.75, 3.05) is 24.7 Å². The van der Waals surface area contributed by atoms with Crippen molar-refractivity contribution >= 4 is 43.6 Å². The summed E-state index contributed by atoms with van der Waals surface area (Å²) in [7, 11) is -0.661. The van der Waals surface area contributed by atoms with Crippen molar-refractivity contribution in [2.45, 2.75) is 6.92 Å². The van der Waals surface area contributed by atoms with Gasteiger partial charge in [-0.25, -0.2) is 8.42 Å². The maximum atomic E-state index is 13.2. The molecule has 0 saturated carbocycles. The lowest BCUT2D eigenvalue weighted by atomic mass is 10.00. The van der Waals surface area contributed by atoms with Gasteiger partial charge in [0.25, 0.3) is 5.91 Å². The van der Waals surface area contributed by atoms with E-state index in [1.54, 1.807) is 31.4 Å². The van der Waals surface area contributed by atoms with E-state index in [2.05, 4.69) is 15.5 Å². The van der Waals surface area contributed by atoms with E-state index in [4.69, 9.17) is 8.83 Å². The molecule has 0 bridgehead atoms. The summed E-state index contributed by atoms with van der Waals surface area (Å²) in [5.74, 6) is 0.639. The second kappa shape index (κ2) is 9.90. The number of carbonyl (C=O) groups excluding carboxylic acids is 1. The van der Waals surface area contributed by atoms with Gasteiger partial charge in [-0.2, -0.15) is 10.2 Å². The first-order valence-electron chi connectivity index (χ1n) is 12.8. The zero-order valence-corrected chi connectivity index (χ0v) is 23.6. The molecule has 1 N–H and O–H groups in total. The summed E-state index contributed by atoms with van der Waals surface area (Å²) in [6.07, 6.45) is 2.70. The topological polar surface area (TPSA) is 119 Å². The van der Waals surface area contributed by atoms with Gasteiger partial charge in [0.05, 0.1) is 29.4 Å². The van der Waals surface area contributed by atoms with E-state index in [0.717, 1.165) is 32.7 Å². The van der Waals surface area contributed by atoms with Crippen LogP contribution in [0.4, 0.5) is 5.69 Å². The molecule has 0 fully saturated rings. The highest BCUT2D eigenvalue weighted by Crippen LogP contribution is 2.41. The molecule has 0 saturated heterocycles. The molecule has 0 radical (unpaired) electrons. The zero-order valence-electron chi connectivity index (χ0n) is 22.8. The van der Waals surface area contributed by atoms with Gasteiger partial charge in [-0.3, -0.25) is 9.10 Å². The fraction of sp³-hybridized carbons (Fsp3) is 0.129. The Kier molecular flexibility index (Phi) is 6.34. The van der Waals surface area contributed by atoms with Crippen LogP contribution in [-0.2, 0) is 10.0 Å². The number of hydrogen-bond donors (Lipinski definition) is 1. The molecule has 3 heterocycles. The van der Waals surface area contributed by atoms with Gasteiger partial charge in [-0.05, 0) is 31.2 Å². The minimum Gasteiger partial charge on any atom is -0.456 e. The van der Waals surface area contributed by atoms with Gasteiger partial charge < -0.3 is 14.2 Å². The van der Waals surface area contributed by atoms with Crippen molar-refractivity contribution in [2.24, 2.45) is 0 Å². The third-order valence-electron chi connectivity index (χ3n) is 7.05. The Balaban J connectivity index is 1.61. The van der Waals surface area contributed by atoms with E-state index < -0.39 is 10.0 Å². The van der Waals surface area contributed by atoms with E-state index in [0.29, 0.717) is 50.6 Å². The number of nitrogens with one attached hydrogen (secondary N) is 1. The number of para-hydroxylation sites is 1. The molecule has 0 spiro atoms. The average molecular weight is 567 g/mol. The lowest BCUT2D eigenvalue weighted by molar-refractivity contribution is 0.0964. The minimum atomic E-state index is -3.67. The van der Waals surface area contributed by atoms with Gasteiger partial charge in [0.15, 0.2) is 0 Å². The van der Waals surface area contributed by atoms with Crippen molar-refractivity contribution in [3.63, 3.8) is 0 Å². The van der Waals surface area contributed by atoms with Crippen LogP contribution in [0, 0.1) is 6.92 Å². The van der Waals surface area contributed by atoms with E-state index >= 15 is 0 Å². The van der Waals surface area contributed by atoms with Crippen LogP contribution in [0.1, 0.15) is 15.9 Å². The molecule has 6 rings (SSSR count). The van der Waals surface area contributed by atoms with Crippen LogP contribution in [0.2, 0.25) is 0 Å². The van der Waals surface area contributed by atoms with Gasteiger partial charge >= 0.3 is 0 Å². The first-order chi connectivity index (χ1) is 19.6. The molecule has 9 nitrogen and oxygen atoms in total. The molecular formula is C31H26N4O5S. The molecule has 10 heteroatoms. The largest absolute Gasteiger partial charge is 0.456 e. The second-order valence-electron chi connectivity index (χ2n) is 9.83. The van der Waals surface area contributed by atoms with Crippen LogP contribution in [0.25, 0.3) is 55.8 Å². The van der Waals surface area contributed by atoms with Crippen molar-refractivity contribution in [1.82, 2.24) is 15.5 Å². The quantitative estimate of drug-likeness (QED) is 0.261. The Morgan fingerprint density at radius 1 is 0.927 bits per heavy atom. The predicted molar refractivity (Wildman–Crippen MR) is 159 cm³/mol. The summed E-state index contributed by atoms with van der Waals surface area (Å²) < 4.78 is 38.8. The first-order valence-corrected chi connectivity index (χ1v) is 14.6. The molecule has 6 aromatic rings. The van der Waals surface area contributed by atoms with Crippen LogP contribution >= 0.6 is 0 Å². The predicted octanol–water partition coefficient (Wildman–Crippen LogP) is 6.03. The number of hydrogen-bond acceptors (Lipinski definition) is 7. The highest BCUT2D eigenvalue weighted by molar-refractivity contribution is 7.92. The Morgan fingerprint density at radius 2 is 1.68 bits per heavy atom. The lowest BCUT2D eigenvalue weighted by Gasteiger charge is -2.20. The molecule has 0 atom stereocenters. The summed E-state index contributed by atoms with van der Waals surface area (Å²) in [6, 6.07) is 22.3. The Labute approximate surface area is 236 Å².